The topological polar surface area (TPSA) is 65.0 Å². The van der Waals surface area contributed by atoms with Crippen LogP contribution >= 0.6 is 0 Å². The lowest BCUT2D eigenvalue weighted by molar-refractivity contribution is -0.148. The monoisotopic (exact) mass is 406 g/mol. The van der Waals surface area contributed by atoms with Crippen LogP contribution in [0.4, 0.5) is 0 Å². The van der Waals surface area contributed by atoms with E-state index in [0.29, 0.717) is 13.0 Å². The van der Waals surface area contributed by atoms with Gasteiger partial charge >= 0.3 is 5.97 Å². The van der Waals surface area contributed by atoms with Gasteiger partial charge in [0.15, 0.2) is 6.10 Å². The molecule has 2 aromatic rings. The Bertz CT molecular complexity index is 908. The molecule has 0 amide bonds. The molecule has 156 valence electrons. The van der Waals surface area contributed by atoms with Gasteiger partial charge in [0.2, 0.25) is 0 Å². The molecule has 5 nitrogen and oxygen atoms in total. The molecule has 0 aliphatic heterocycles. The van der Waals surface area contributed by atoms with Crippen molar-refractivity contribution in [2.75, 3.05) is 13.7 Å². The number of benzene rings is 2. The van der Waals surface area contributed by atoms with Crippen LogP contribution in [0, 0.1) is 0 Å². The fraction of sp³-hybridized carbons (Fsp3) is 0.240. The van der Waals surface area contributed by atoms with Crippen molar-refractivity contribution in [2.45, 2.75) is 25.4 Å². The number of allylic oxidation sites excluding steroid dienone is 5. The van der Waals surface area contributed by atoms with Crippen molar-refractivity contribution in [3.63, 3.8) is 0 Å². The molecular formula is C25H26O5. The van der Waals surface area contributed by atoms with E-state index in [1.165, 1.54) is 7.11 Å². The highest BCUT2D eigenvalue weighted by Gasteiger charge is 2.16. The molecule has 30 heavy (non-hydrogen) atoms. The standard InChI is InChI=1S/C25H26O5/c1-28-24(25(26)27)17-20-9-13-22(14-10-20)29-16-15-19-7-11-23(12-8-19)30-18-21-5-3-2-4-6-21/h2-5,7-14,18,24H,6,15-17H2,1H3,(H,26,27). The van der Waals surface area contributed by atoms with Crippen LogP contribution in [0.1, 0.15) is 17.5 Å². The number of aliphatic carboxylic acids is 1. The van der Waals surface area contributed by atoms with E-state index in [1.54, 1.807) is 6.26 Å². The minimum absolute atomic E-state index is 0.324. The molecule has 2 aromatic carbocycles. The largest absolute Gasteiger partial charge is 0.493 e. The van der Waals surface area contributed by atoms with Gasteiger partial charge in [-0.15, -0.1) is 0 Å². The van der Waals surface area contributed by atoms with Crippen molar-refractivity contribution >= 4 is 5.97 Å². The maximum Gasteiger partial charge on any atom is 0.333 e. The Morgan fingerprint density at radius 2 is 1.73 bits per heavy atom. The van der Waals surface area contributed by atoms with Crippen molar-refractivity contribution in [1.82, 2.24) is 0 Å². The average molecular weight is 406 g/mol. The van der Waals surface area contributed by atoms with Crippen molar-refractivity contribution < 1.29 is 24.1 Å². The Morgan fingerprint density at radius 3 is 2.37 bits per heavy atom. The highest BCUT2D eigenvalue weighted by molar-refractivity contribution is 5.72. The third-order valence-corrected chi connectivity index (χ3v) is 4.74. The molecule has 0 radical (unpaired) electrons. The predicted octanol–water partition coefficient (Wildman–Crippen LogP) is 4.73. The van der Waals surface area contributed by atoms with Gasteiger partial charge in [0.1, 0.15) is 11.5 Å². The zero-order valence-electron chi connectivity index (χ0n) is 17.0. The van der Waals surface area contributed by atoms with Crippen LogP contribution in [0.3, 0.4) is 0 Å². The second-order valence-electron chi connectivity index (χ2n) is 6.96. The summed E-state index contributed by atoms with van der Waals surface area (Å²) in [6.45, 7) is 0.552. The number of methoxy groups -OCH3 is 1. The maximum absolute atomic E-state index is 11.0. The molecule has 0 saturated carbocycles. The van der Waals surface area contributed by atoms with Gasteiger partial charge in [-0.3, -0.25) is 0 Å². The predicted molar refractivity (Wildman–Crippen MR) is 116 cm³/mol. The molecule has 1 N–H and O–H groups in total. The smallest absolute Gasteiger partial charge is 0.333 e. The summed E-state index contributed by atoms with van der Waals surface area (Å²) >= 11 is 0. The van der Waals surface area contributed by atoms with Gasteiger partial charge in [0.25, 0.3) is 0 Å². The van der Waals surface area contributed by atoms with Gasteiger partial charge in [-0.2, -0.15) is 0 Å². The highest BCUT2D eigenvalue weighted by Crippen LogP contribution is 2.17. The van der Waals surface area contributed by atoms with Crippen LogP contribution < -0.4 is 9.47 Å². The van der Waals surface area contributed by atoms with E-state index in [-0.39, 0.29) is 0 Å². The molecule has 0 spiro atoms. The van der Waals surface area contributed by atoms with Crippen molar-refractivity contribution in [3.8, 4) is 11.5 Å². The van der Waals surface area contributed by atoms with Crippen LogP contribution in [0.5, 0.6) is 11.5 Å². The van der Waals surface area contributed by atoms with Crippen LogP contribution in [-0.4, -0.2) is 30.9 Å². The zero-order chi connectivity index (χ0) is 21.2. The van der Waals surface area contributed by atoms with E-state index < -0.39 is 12.1 Å². The van der Waals surface area contributed by atoms with Gasteiger partial charge in [-0.05, 0) is 47.4 Å². The number of carboxylic acid groups (broad SMARTS) is 1. The first-order chi connectivity index (χ1) is 14.6. The van der Waals surface area contributed by atoms with Crippen molar-refractivity contribution in [2.24, 2.45) is 0 Å². The summed E-state index contributed by atoms with van der Waals surface area (Å²) < 4.78 is 16.5. The Labute approximate surface area is 176 Å². The molecule has 5 heteroatoms. The van der Waals surface area contributed by atoms with E-state index >= 15 is 0 Å². The Morgan fingerprint density at radius 1 is 1.03 bits per heavy atom. The molecule has 1 aliphatic rings. The first-order valence-corrected chi connectivity index (χ1v) is 9.89. The summed E-state index contributed by atoms with van der Waals surface area (Å²) in [5.74, 6) is 0.597. The summed E-state index contributed by atoms with van der Waals surface area (Å²) in [6.07, 6.45) is 11.1. The van der Waals surface area contributed by atoms with Crippen LogP contribution in [0.2, 0.25) is 0 Å². The van der Waals surface area contributed by atoms with Gasteiger partial charge in [-0.25, -0.2) is 4.79 Å². The lowest BCUT2D eigenvalue weighted by Gasteiger charge is -2.11. The Hall–Kier alpha value is -3.31. The van der Waals surface area contributed by atoms with E-state index in [0.717, 1.165) is 41.0 Å². The number of rotatable bonds is 10. The summed E-state index contributed by atoms with van der Waals surface area (Å²) in [7, 11) is 1.40. The lowest BCUT2D eigenvalue weighted by Crippen LogP contribution is -2.24. The molecule has 0 fully saturated rings. The number of ether oxygens (including phenoxy) is 3. The van der Waals surface area contributed by atoms with E-state index in [2.05, 4.69) is 6.08 Å². The molecule has 1 aliphatic carbocycles. The molecule has 3 rings (SSSR count). The summed E-state index contributed by atoms with van der Waals surface area (Å²) in [6, 6.07) is 15.4. The number of carbonyl (C=O) groups is 1. The Kier molecular flexibility index (Phi) is 7.86. The van der Waals surface area contributed by atoms with E-state index in [9.17, 15) is 4.79 Å². The van der Waals surface area contributed by atoms with Crippen LogP contribution in [0.15, 0.2) is 84.7 Å². The minimum Gasteiger partial charge on any atom is -0.493 e. The summed E-state index contributed by atoms with van der Waals surface area (Å²) in [5.41, 5.74) is 3.19. The number of carboxylic acids is 1. The SMILES string of the molecule is COC(Cc1ccc(OCCc2ccc(OC=C3C=CC=CC3)cc2)cc1)C(=O)O. The molecule has 1 atom stereocenters. The second kappa shape index (κ2) is 11.0. The van der Waals surface area contributed by atoms with Crippen LogP contribution in [-0.2, 0) is 22.4 Å². The summed E-state index contributed by atoms with van der Waals surface area (Å²) in [4.78, 5) is 11.0. The molecular weight excluding hydrogens is 380 g/mol. The van der Waals surface area contributed by atoms with Crippen molar-refractivity contribution in [3.05, 3.63) is 95.8 Å². The average Bonchev–Trinajstić information content (AvgIpc) is 2.78. The first-order valence-electron chi connectivity index (χ1n) is 9.89. The highest BCUT2D eigenvalue weighted by atomic mass is 16.5. The quantitative estimate of drug-likeness (QED) is 0.578. The number of hydrogen-bond acceptors (Lipinski definition) is 4. The van der Waals surface area contributed by atoms with Gasteiger partial charge < -0.3 is 19.3 Å². The summed E-state index contributed by atoms with van der Waals surface area (Å²) in [5, 5.41) is 9.05. The van der Waals surface area contributed by atoms with Crippen LogP contribution in [0.25, 0.3) is 0 Å². The Balaban J connectivity index is 1.43. The zero-order valence-corrected chi connectivity index (χ0v) is 17.0. The van der Waals surface area contributed by atoms with Gasteiger partial charge in [-0.1, -0.05) is 48.6 Å². The molecule has 0 saturated heterocycles. The van der Waals surface area contributed by atoms with Crippen molar-refractivity contribution in [1.29, 1.82) is 0 Å². The molecule has 1 unspecified atom stereocenters. The lowest BCUT2D eigenvalue weighted by atomic mass is 10.1. The minimum atomic E-state index is -0.964. The fourth-order valence-electron chi connectivity index (χ4n) is 2.99. The fourth-order valence-corrected chi connectivity index (χ4v) is 2.99. The maximum atomic E-state index is 11.0. The first kappa shape index (κ1) is 21.4. The molecule has 0 bridgehead atoms. The van der Waals surface area contributed by atoms with E-state index in [1.807, 2.05) is 66.8 Å². The van der Waals surface area contributed by atoms with E-state index in [4.69, 9.17) is 19.3 Å². The third-order valence-electron chi connectivity index (χ3n) is 4.74. The molecule has 0 heterocycles. The normalized spacial score (nSPS) is 15.2. The number of hydrogen-bond donors (Lipinski definition) is 1. The van der Waals surface area contributed by atoms with Gasteiger partial charge in [0.05, 0.1) is 12.9 Å². The van der Waals surface area contributed by atoms with Gasteiger partial charge in [0, 0.05) is 20.0 Å². The third kappa shape index (κ3) is 6.64. The molecule has 0 aromatic heterocycles. The second-order valence-corrected chi connectivity index (χ2v) is 6.96.